The highest BCUT2D eigenvalue weighted by molar-refractivity contribution is 7.91. The van der Waals surface area contributed by atoms with E-state index in [0.717, 1.165) is 26.2 Å². The van der Waals surface area contributed by atoms with Crippen molar-refractivity contribution in [2.45, 2.75) is 44.0 Å². The van der Waals surface area contributed by atoms with Crippen molar-refractivity contribution in [1.29, 1.82) is 4.78 Å². The molecule has 19 heteroatoms. The minimum absolute atomic E-state index is 0.00250. The Labute approximate surface area is 406 Å². The van der Waals surface area contributed by atoms with Crippen LogP contribution in [0.25, 0.3) is 43.2 Å². The van der Waals surface area contributed by atoms with Gasteiger partial charge < -0.3 is 29.0 Å². The average Bonchev–Trinajstić information content (AvgIpc) is 3.71. The fourth-order valence-electron chi connectivity index (χ4n) is 8.46. The summed E-state index contributed by atoms with van der Waals surface area (Å²) in [6.07, 6.45) is 1.95. The van der Waals surface area contributed by atoms with Crippen molar-refractivity contribution in [3.05, 3.63) is 124 Å². The Hall–Kier alpha value is -5.95. The van der Waals surface area contributed by atoms with Gasteiger partial charge in [0.25, 0.3) is 0 Å². The maximum atomic E-state index is 14.4. The molecule has 0 radical (unpaired) electrons. The summed E-state index contributed by atoms with van der Waals surface area (Å²) >= 11 is 16.0. The van der Waals surface area contributed by atoms with Crippen molar-refractivity contribution in [1.82, 2.24) is 29.7 Å². The quantitative estimate of drug-likeness (QED) is 0.140. The van der Waals surface area contributed by atoms with E-state index in [2.05, 4.69) is 36.8 Å². The molecule has 3 atom stereocenters. The van der Waals surface area contributed by atoms with Gasteiger partial charge in [-0.1, -0.05) is 47.5 Å². The highest BCUT2D eigenvalue weighted by Gasteiger charge is 2.32. The number of rotatable bonds is 9. The molecule has 2 N–H and O–H groups in total. The zero-order chi connectivity index (χ0) is 47.9. The smallest absolute Gasteiger partial charge is 0.345 e. The van der Waals surface area contributed by atoms with Crippen LogP contribution >= 0.6 is 34.5 Å². The van der Waals surface area contributed by atoms with E-state index < -0.39 is 33.7 Å². The Morgan fingerprint density at radius 1 is 0.971 bits per heavy atom. The molecule has 0 spiro atoms. The number of likely N-dealkylation sites (N-methyl/N-ethyl adjacent to an activating group) is 1. The fourth-order valence-corrected chi connectivity index (χ4v) is 11.0. The van der Waals surface area contributed by atoms with Gasteiger partial charge in [0.2, 0.25) is 12.0 Å². The Bertz CT molecular complexity index is 3140. The van der Waals surface area contributed by atoms with E-state index in [-0.39, 0.29) is 41.4 Å². The van der Waals surface area contributed by atoms with Gasteiger partial charge in [-0.15, -0.1) is 11.3 Å². The Balaban J connectivity index is 1.16. The number of carboxylic acids is 1. The number of benzene rings is 4. The number of piperazine rings is 1. The third kappa shape index (κ3) is 9.82. The summed E-state index contributed by atoms with van der Waals surface area (Å²) in [6, 6.07) is 19.7. The number of ether oxygens (including phenoxy) is 4. The number of thiophene rings is 1. The van der Waals surface area contributed by atoms with Crippen LogP contribution in [0.15, 0.2) is 90.2 Å². The molecule has 4 bridgehead atoms. The summed E-state index contributed by atoms with van der Waals surface area (Å²) in [7, 11) is -1.01. The van der Waals surface area contributed by atoms with Crippen molar-refractivity contribution in [2.24, 2.45) is 0 Å². The lowest BCUT2D eigenvalue weighted by Crippen LogP contribution is -2.49. The van der Waals surface area contributed by atoms with Gasteiger partial charge in [0, 0.05) is 73.2 Å². The van der Waals surface area contributed by atoms with E-state index in [1.165, 1.54) is 36.1 Å². The largest absolute Gasteiger partial charge is 0.490 e. The Morgan fingerprint density at radius 2 is 1.71 bits per heavy atom. The number of fused-ring (bicyclic) bond motifs is 7. The van der Waals surface area contributed by atoms with Crippen molar-refractivity contribution in [2.75, 3.05) is 52.6 Å². The van der Waals surface area contributed by atoms with Crippen LogP contribution in [0, 0.1) is 24.4 Å². The van der Waals surface area contributed by atoms with Crippen LogP contribution in [0.4, 0.5) is 4.39 Å². The number of aliphatic carboxylic acids is 1. The van der Waals surface area contributed by atoms with E-state index in [9.17, 15) is 18.5 Å². The lowest BCUT2D eigenvalue weighted by molar-refractivity contribution is -0.145. The predicted molar refractivity (Wildman–Crippen MR) is 261 cm³/mol. The monoisotopic (exact) mass is 997 g/mol. The summed E-state index contributed by atoms with van der Waals surface area (Å²) in [6.45, 7) is 7.64. The minimum atomic E-state index is -3.10. The molecule has 4 aromatic carbocycles. The van der Waals surface area contributed by atoms with Gasteiger partial charge in [-0.2, -0.15) is 0 Å². The molecule has 7 aromatic rings. The summed E-state index contributed by atoms with van der Waals surface area (Å²) in [5, 5.41) is 11.9. The molecule has 3 aromatic heterocycles. The summed E-state index contributed by atoms with van der Waals surface area (Å²) < 4.78 is 61.7. The summed E-state index contributed by atoms with van der Waals surface area (Å²) in [5.74, 6) is -0.358. The molecule has 0 aliphatic carbocycles. The zero-order valence-electron chi connectivity index (χ0n) is 37.4. The first-order valence-electron chi connectivity index (χ1n) is 21.7. The molecule has 3 aliphatic heterocycles. The van der Waals surface area contributed by atoms with Gasteiger partial charge in [-0.25, -0.2) is 38.1 Å². The highest BCUT2D eigenvalue weighted by atomic mass is 35.5. The molecule has 10 rings (SSSR count). The Kier molecular flexibility index (Phi) is 13.6. The van der Waals surface area contributed by atoms with E-state index in [1.807, 2.05) is 13.8 Å². The number of carbonyl (C=O) groups is 1. The molecule has 14 nitrogen and oxygen atoms in total. The minimum Gasteiger partial charge on any atom is -0.490 e. The van der Waals surface area contributed by atoms with Crippen molar-refractivity contribution < 1.29 is 37.4 Å². The van der Waals surface area contributed by atoms with Gasteiger partial charge in [0.15, 0.2) is 11.6 Å². The van der Waals surface area contributed by atoms with E-state index >= 15 is 0 Å². The number of hydrogen-bond acceptors (Lipinski definition) is 14. The molecule has 1 fully saturated rings. The molecule has 352 valence electrons. The van der Waals surface area contributed by atoms with Crippen LogP contribution in [0.3, 0.4) is 0 Å². The fraction of sp³-hybridized carbons (Fsp3) is 0.286. The van der Waals surface area contributed by atoms with Crippen molar-refractivity contribution in [3.8, 4) is 56.1 Å². The third-order valence-corrected chi connectivity index (χ3v) is 15.3. The van der Waals surface area contributed by atoms with Gasteiger partial charge in [0.05, 0.1) is 35.7 Å². The van der Waals surface area contributed by atoms with Crippen LogP contribution in [-0.4, -0.2) is 110 Å². The van der Waals surface area contributed by atoms with E-state index in [1.54, 1.807) is 66.9 Å². The number of aromatic nitrogens is 4. The second-order valence-electron chi connectivity index (χ2n) is 16.8. The van der Waals surface area contributed by atoms with E-state index in [4.69, 9.17) is 46.9 Å². The van der Waals surface area contributed by atoms with Gasteiger partial charge in [-0.05, 0) is 91.7 Å². The van der Waals surface area contributed by atoms with Crippen LogP contribution in [-0.2, 0) is 27.6 Å². The number of halogens is 3. The van der Waals surface area contributed by atoms with Gasteiger partial charge >= 0.3 is 5.97 Å². The molecule has 1 saturated heterocycles. The summed E-state index contributed by atoms with van der Waals surface area (Å²) in [4.78, 5) is 37.7. The lowest BCUT2D eigenvalue weighted by Gasteiger charge is -2.35. The van der Waals surface area contributed by atoms with Crippen LogP contribution in [0.5, 0.6) is 23.1 Å². The third-order valence-electron chi connectivity index (χ3n) is 12.0. The second kappa shape index (κ2) is 19.6. The molecule has 0 saturated carbocycles. The predicted octanol–water partition coefficient (Wildman–Crippen LogP) is 9.62. The molecule has 68 heavy (non-hydrogen) atoms. The average molecular weight is 999 g/mol. The topological polar surface area (TPSA) is 173 Å². The molecule has 6 heterocycles. The molecule has 3 aliphatic rings. The number of hydrogen-bond donors (Lipinski definition) is 2. The molecule has 2 unspecified atom stereocenters. The normalized spacial score (nSPS) is 17.7. The first-order valence-corrected chi connectivity index (χ1v) is 25.2. The SMILES string of the molecule is Cc1c(Cl)c2c(Cl)c(C)c1-c1c(-c3ccc(F)cc3)sc3ncnc(c13)O[C@@H](C(=O)O)Cc1cc(ccc1OCc1ccnc(-c3ccccc3S(C)(=N)=O)n1)OCC(CN1CCN(C)CC1)O2. The molecular formula is C49H46Cl2FN7O7S2. The lowest BCUT2D eigenvalue weighted by atomic mass is 9.92. The second-order valence-corrected chi connectivity index (χ2v) is 20.7. The number of nitrogens with one attached hydrogen (secondary N) is 1. The maximum absolute atomic E-state index is 14.4. The Morgan fingerprint density at radius 3 is 2.43 bits per heavy atom. The number of nitrogens with zero attached hydrogens (tertiary/aromatic N) is 6. The van der Waals surface area contributed by atoms with Crippen molar-refractivity contribution >= 4 is 60.5 Å². The van der Waals surface area contributed by atoms with Crippen LogP contribution in [0.1, 0.15) is 22.4 Å². The van der Waals surface area contributed by atoms with Gasteiger partial charge in [0.1, 0.15) is 47.8 Å². The standard InChI is InChI=1S/C49H46Cl2FN7O7S2/c1-27-39-28(2)43(51)44(42(27)50)65-34(23-59-19-17-58(3)18-20-59)25-63-33-13-14-36(64-24-32-15-16-54-46(57-32)35-7-5-6-8-38(35)68(4,53)62)30(21-33)22-37(49(60)61)66-47-41-40(39)45(67-48(41)56-26-55-47)29-9-11-31(52)12-10-29/h5-16,21,26,34,37,53H,17-20,22-25H2,1-4H3,(H,60,61)/t34?,37-,68?/m1/s1. The number of carboxylic acid groups (broad SMARTS) is 1. The first kappa shape index (κ1) is 47.1. The van der Waals surface area contributed by atoms with Crippen LogP contribution in [0.2, 0.25) is 10.0 Å². The zero-order valence-corrected chi connectivity index (χ0v) is 40.6. The van der Waals surface area contributed by atoms with Gasteiger partial charge in [-0.3, -0.25) is 4.90 Å². The highest BCUT2D eigenvalue weighted by Crippen LogP contribution is 2.53. The first-order chi connectivity index (χ1) is 32.6. The summed E-state index contributed by atoms with van der Waals surface area (Å²) in [5.41, 5.74) is 4.56. The maximum Gasteiger partial charge on any atom is 0.345 e. The van der Waals surface area contributed by atoms with E-state index in [0.29, 0.717) is 88.4 Å². The van der Waals surface area contributed by atoms with Crippen molar-refractivity contribution in [3.63, 3.8) is 0 Å². The molecular weight excluding hydrogens is 953 g/mol. The van der Waals surface area contributed by atoms with Crippen LogP contribution < -0.4 is 18.9 Å². The molecule has 0 amide bonds.